The highest BCUT2D eigenvalue weighted by atomic mass is 35.5. The van der Waals surface area contributed by atoms with Gasteiger partial charge in [0.05, 0.1) is 26.1 Å². The third-order valence-corrected chi connectivity index (χ3v) is 6.10. The third kappa shape index (κ3) is 5.90. The molecule has 2 atom stereocenters. The second-order valence-electron chi connectivity index (χ2n) is 8.40. The van der Waals surface area contributed by atoms with Crippen molar-refractivity contribution in [1.29, 1.82) is 0 Å². The Hall–Kier alpha value is -3.62. The van der Waals surface area contributed by atoms with Gasteiger partial charge in [-0.2, -0.15) is 0 Å². The maximum Gasteiger partial charge on any atom is 0.246 e. The van der Waals surface area contributed by atoms with Gasteiger partial charge in [-0.25, -0.2) is 0 Å². The normalized spacial score (nSPS) is 15.9. The number of imide groups is 1. The number of phenols is 1. The molecule has 0 bridgehead atoms. The van der Waals surface area contributed by atoms with Crippen molar-refractivity contribution >= 4 is 39.4 Å². The van der Waals surface area contributed by atoms with E-state index in [0.29, 0.717) is 12.2 Å². The average Bonchev–Trinajstić information content (AvgIpc) is 3.27. The van der Waals surface area contributed by atoms with E-state index >= 15 is 0 Å². The molecule has 2 amide bonds. The predicted molar refractivity (Wildman–Crippen MR) is 133 cm³/mol. The molecule has 1 heterocycles. The van der Waals surface area contributed by atoms with E-state index in [4.69, 9.17) is 26.9 Å². The Morgan fingerprint density at radius 2 is 2.00 bits per heavy atom. The van der Waals surface area contributed by atoms with Crippen molar-refractivity contribution in [2.24, 2.45) is 10.9 Å². The molecule has 9 heteroatoms. The molecule has 3 aromatic carbocycles. The van der Waals surface area contributed by atoms with Gasteiger partial charge in [-0.05, 0) is 52.6 Å². The van der Waals surface area contributed by atoms with Crippen LogP contribution >= 0.6 is 11.6 Å². The Morgan fingerprint density at radius 1 is 1.23 bits per heavy atom. The molecule has 1 aliphatic rings. The number of ether oxygens (including phenoxy) is 1. The Labute approximate surface area is 207 Å². The van der Waals surface area contributed by atoms with E-state index < -0.39 is 24.0 Å². The number of rotatable bonds is 8. The van der Waals surface area contributed by atoms with Crippen LogP contribution in [0.15, 0.2) is 65.8 Å². The number of nitrogens with two attached hydrogens (primary N) is 1. The molecule has 0 spiro atoms. The molecule has 1 aliphatic heterocycles. The highest BCUT2D eigenvalue weighted by Crippen LogP contribution is 2.25. The highest BCUT2D eigenvalue weighted by Gasteiger charge is 2.32. The summed E-state index contributed by atoms with van der Waals surface area (Å²) in [6.45, 7) is -0.0146. The first-order valence-corrected chi connectivity index (χ1v) is 11.5. The number of hydrogen-bond acceptors (Lipinski definition) is 7. The van der Waals surface area contributed by atoms with Crippen molar-refractivity contribution in [3.05, 3.63) is 71.8 Å². The maximum atomic E-state index is 13.5. The van der Waals surface area contributed by atoms with Crippen LogP contribution in [0.25, 0.3) is 10.8 Å². The van der Waals surface area contributed by atoms with Gasteiger partial charge in [-0.1, -0.05) is 53.2 Å². The van der Waals surface area contributed by atoms with Gasteiger partial charge >= 0.3 is 0 Å². The van der Waals surface area contributed by atoms with Gasteiger partial charge in [0, 0.05) is 6.42 Å². The lowest BCUT2D eigenvalue weighted by atomic mass is 10.0. The lowest BCUT2D eigenvalue weighted by Gasteiger charge is -2.26. The summed E-state index contributed by atoms with van der Waals surface area (Å²) in [5.74, 6) is -0.0793. The zero-order valence-corrected chi connectivity index (χ0v) is 19.9. The fraction of sp³-hybridized carbons (Fsp3) is 0.269. The van der Waals surface area contributed by atoms with Crippen molar-refractivity contribution in [2.45, 2.75) is 31.4 Å². The lowest BCUT2D eigenvalue weighted by Crippen LogP contribution is -2.50. The largest absolute Gasteiger partial charge is 0.508 e. The third-order valence-electron chi connectivity index (χ3n) is 5.88. The summed E-state index contributed by atoms with van der Waals surface area (Å²) in [5.41, 5.74) is 7.77. The second kappa shape index (κ2) is 10.8. The minimum absolute atomic E-state index is 0.00263. The Kier molecular flexibility index (Phi) is 7.53. The smallest absolute Gasteiger partial charge is 0.246 e. The minimum atomic E-state index is -0.960. The van der Waals surface area contributed by atoms with Gasteiger partial charge in [-0.15, -0.1) is 0 Å². The summed E-state index contributed by atoms with van der Waals surface area (Å²) in [4.78, 5) is 33.2. The monoisotopic (exact) mass is 495 g/mol. The van der Waals surface area contributed by atoms with Gasteiger partial charge in [0.15, 0.2) is 6.10 Å². The molecule has 1 unspecified atom stereocenters. The van der Waals surface area contributed by atoms with Crippen LogP contribution < -0.4 is 10.5 Å². The van der Waals surface area contributed by atoms with E-state index in [2.05, 4.69) is 5.16 Å². The molecule has 35 heavy (non-hydrogen) atoms. The Morgan fingerprint density at radius 3 is 2.69 bits per heavy atom. The van der Waals surface area contributed by atoms with E-state index in [1.807, 2.05) is 36.4 Å². The van der Waals surface area contributed by atoms with Crippen LogP contribution in [0.5, 0.6) is 11.5 Å². The molecular formula is C26H26ClN3O5. The first kappa shape index (κ1) is 24.5. The summed E-state index contributed by atoms with van der Waals surface area (Å²) in [6, 6.07) is 16.7. The van der Waals surface area contributed by atoms with E-state index in [1.54, 1.807) is 19.2 Å². The van der Waals surface area contributed by atoms with Gasteiger partial charge in [0.25, 0.3) is 0 Å². The van der Waals surface area contributed by atoms with Crippen LogP contribution in [0.3, 0.4) is 0 Å². The number of amides is 2. The molecule has 0 aromatic heterocycles. The van der Waals surface area contributed by atoms with Crippen LogP contribution in [0, 0.1) is 0 Å². The zero-order chi connectivity index (χ0) is 24.9. The van der Waals surface area contributed by atoms with E-state index in [0.717, 1.165) is 26.8 Å². The van der Waals surface area contributed by atoms with Crippen LogP contribution in [0.2, 0.25) is 0 Å². The van der Waals surface area contributed by atoms with Crippen molar-refractivity contribution in [3.63, 3.8) is 0 Å². The van der Waals surface area contributed by atoms with Gasteiger partial charge in [-0.3, -0.25) is 14.5 Å². The zero-order valence-electron chi connectivity index (χ0n) is 19.2. The van der Waals surface area contributed by atoms with Gasteiger partial charge in [0.1, 0.15) is 16.7 Å². The number of hydrogen-bond donors (Lipinski definition) is 2. The first-order chi connectivity index (χ1) is 16.8. The van der Waals surface area contributed by atoms with Gasteiger partial charge < -0.3 is 20.4 Å². The van der Waals surface area contributed by atoms with Gasteiger partial charge in [0.2, 0.25) is 11.8 Å². The number of halogens is 1. The maximum absolute atomic E-state index is 13.5. The summed E-state index contributed by atoms with van der Waals surface area (Å²) >= 11 is 5.93. The fourth-order valence-corrected chi connectivity index (χ4v) is 4.26. The molecule has 0 fully saturated rings. The van der Waals surface area contributed by atoms with Crippen molar-refractivity contribution in [1.82, 2.24) is 4.90 Å². The van der Waals surface area contributed by atoms with Crippen molar-refractivity contribution < 1.29 is 24.3 Å². The number of carbonyl (C=O) groups is 2. The number of benzene rings is 3. The van der Waals surface area contributed by atoms with Crippen LogP contribution in [-0.2, 0) is 27.3 Å². The number of nitrogens with zero attached hydrogens (tertiary/aromatic N) is 2. The van der Waals surface area contributed by atoms with E-state index in [1.165, 1.54) is 12.1 Å². The standard InChI is InChI=1S/C26H26ClN3O5/c1-34-20-9-10-22-17(12-20)3-2-4-18(22)13-25(32)30(15-21-14-24(27)29-35-21)26(33)23(28)11-16-5-7-19(31)8-6-16/h2-10,12,21,23,31H,11,13-15,28H2,1H3/t21?,23-/m0/s1. The minimum Gasteiger partial charge on any atom is -0.508 e. The number of phenolic OH excluding ortho intramolecular Hbond substituents is 1. The first-order valence-electron chi connectivity index (χ1n) is 11.2. The molecule has 4 rings (SSSR count). The molecule has 3 aromatic rings. The lowest BCUT2D eigenvalue weighted by molar-refractivity contribution is -0.147. The average molecular weight is 496 g/mol. The molecular weight excluding hydrogens is 470 g/mol. The predicted octanol–water partition coefficient (Wildman–Crippen LogP) is 3.36. The van der Waals surface area contributed by atoms with E-state index in [9.17, 15) is 14.7 Å². The number of fused-ring (bicyclic) bond motifs is 1. The SMILES string of the molecule is COc1ccc2c(CC(=O)N(CC3CC(Cl)=NO3)C(=O)[C@@H](N)Cc3ccc(O)cc3)cccc2c1. The van der Waals surface area contributed by atoms with Crippen molar-refractivity contribution in [2.75, 3.05) is 13.7 Å². The van der Waals surface area contributed by atoms with Crippen LogP contribution in [0.4, 0.5) is 0 Å². The van der Waals surface area contributed by atoms with Crippen LogP contribution in [-0.4, -0.2) is 52.8 Å². The number of carbonyl (C=O) groups excluding carboxylic acids is 2. The summed E-state index contributed by atoms with van der Waals surface area (Å²) in [7, 11) is 1.60. The molecule has 0 saturated heterocycles. The van der Waals surface area contributed by atoms with Crippen LogP contribution in [0.1, 0.15) is 17.5 Å². The quantitative estimate of drug-likeness (QED) is 0.495. The molecule has 0 aliphatic carbocycles. The summed E-state index contributed by atoms with van der Waals surface area (Å²) in [6.07, 6.45) is -0.0181. The number of methoxy groups -OCH3 is 1. The van der Waals surface area contributed by atoms with Crippen molar-refractivity contribution in [3.8, 4) is 11.5 Å². The topological polar surface area (TPSA) is 114 Å². The Balaban J connectivity index is 1.55. The number of aromatic hydroxyl groups is 1. The summed E-state index contributed by atoms with van der Waals surface area (Å²) < 4.78 is 5.29. The Bertz CT molecular complexity index is 1260. The molecule has 182 valence electrons. The molecule has 3 N–H and O–H groups in total. The molecule has 0 radical (unpaired) electrons. The summed E-state index contributed by atoms with van der Waals surface area (Å²) in [5, 5.41) is 15.3. The number of oxime groups is 1. The molecule has 0 saturated carbocycles. The highest BCUT2D eigenvalue weighted by molar-refractivity contribution is 6.65. The fourth-order valence-electron chi connectivity index (χ4n) is 4.05. The van der Waals surface area contributed by atoms with E-state index in [-0.39, 0.29) is 30.3 Å². The molecule has 8 nitrogen and oxygen atoms in total. The second-order valence-corrected chi connectivity index (χ2v) is 8.84.